The Kier molecular flexibility index (Phi) is 7.40. The molecule has 1 saturated carbocycles. The van der Waals surface area contributed by atoms with Crippen LogP contribution in [0, 0.1) is 5.41 Å². The molecule has 0 aromatic rings. The van der Waals surface area contributed by atoms with Crippen molar-refractivity contribution < 1.29 is 9.53 Å². The summed E-state index contributed by atoms with van der Waals surface area (Å²) in [6, 6.07) is 0.630. The number of nitrogens with one attached hydrogen (secondary N) is 2. The first-order chi connectivity index (χ1) is 10.2. The van der Waals surface area contributed by atoms with Crippen LogP contribution in [0.15, 0.2) is 12.2 Å². The number of ether oxygens (including phenoxy) is 1. The highest BCUT2D eigenvalue weighted by molar-refractivity contribution is 5.67. The third-order valence-electron chi connectivity index (χ3n) is 4.03. The second-order valence-corrected chi connectivity index (χ2v) is 8.05. The molecule has 0 aliphatic heterocycles. The lowest BCUT2D eigenvalue weighted by molar-refractivity contribution is 0.0534. The molecular weight excluding hydrogens is 276 g/mol. The summed E-state index contributed by atoms with van der Waals surface area (Å²) >= 11 is 0. The highest BCUT2D eigenvalue weighted by Crippen LogP contribution is 2.33. The van der Waals surface area contributed by atoms with Crippen LogP contribution >= 0.6 is 0 Å². The number of amides is 1. The highest BCUT2D eigenvalue weighted by atomic mass is 16.6. The van der Waals surface area contributed by atoms with Crippen LogP contribution < -0.4 is 10.6 Å². The molecule has 4 heteroatoms. The third-order valence-corrected chi connectivity index (χ3v) is 4.03. The molecule has 0 bridgehead atoms. The predicted molar refractivity (Wildman–Crippen MR) is 92.0 cm³/mol. The maximum absolute atomic E-state index is 11.5. The summed E-state index contributed by atoms with van der Waals surface area (Å²) in [5.41, 5.74) is 0.0617. The average Bonchev–Trinajstić information content (AvgIpc) is 2.53. The van der Waals surface area contributed by atoms with E-state index in [2.05, 4.69) is 30.6 Å². The molecule has 1 unspecified atom stereocenters. The molecule has 0 saturated heterocycles. The summed E-state index contributed by atoms with van der Waals surface area (Å²) in [6.07, 6.45) is 10.2. The number of carbonyl (C=O) groups excluding carboxylic acids is 1. The van der Waals surface area contributed by atoms with E-state index in [4.69, 9.17) is 4.74 Å². The maximum atomic E-state index is 11.5. The van der Waals surface area contributed by atoms with E-state index in [1.807, 2.05) is 26.8 Å². The summed E-state index contributed by atoms with van der Waals surface area (Å²) in [7, 11) is 0. The van der Waals surface area contributed by atoms with Crippen LogP contribution in [-0.2, 0) is 4.74 Å². The van der Waals surface area contributed by atoms with E-state index in [9.17, 15) is 4.79 Å². The first-order valence-corrected chi connectivity index (χ1v) is 8.53. The van der Waals surface area contributed by atoms with Gasteiger partial charge in [0.25, 0.3) is 0 Å². The quantitative estimate of drug-likeness (QED) is 0.596. The predicted octanol–water partition coefficient (Wildman–Crippen LogP) is 4.02. The van der Waals surface area contributed by atoms with Crippen molar-refractivity contribution in [1.29, 1.82) is 0 Å². The summed E-state index contributed by atoms with van der Waals surface area (Å²) in [6.45, 7) is 11.7. The Morgan fingerprint density at radius 3 is 2.55 bits per heavy atom. The number of hydrogen-bond donors (Lipinski definition) is 2. The number of hydrogen-bond acceptors (Lipinski definition) is 3. The first-order valence-electron chi connectivity index (χ1n) is 8.53. The molecule has 0 heterocycles. The van der Waals surface area contributed by atoms with Crippen LogP contribution in [0.2, 0.25) is 0 Å². The van der Waals surface area contributed by atoms with E-state index in [0.717, 1.165) is 6.54 Å². The van der Waals surface area contributed by atoms with Gasteiger partial charge >= 0.3 is 6.09 Å². The van der Waals surface area contributed by atoms with Crippen molar-refractivity contribution in [2.24, 2.45) is 5.41 Å². The fourth-order valence-corrected chi connectivity index (χ4v) is 2.72. The Hall–Kier alpha value is -1.03. The number of alkyl carbamates (subject to hydrolysis) is 1. The van der Waals surface area contributed by atoms with Crippen molar-refractivity contribution in [3.63, 3.8) is 0 Å². The van der Waals surface area contributed by atoms with Gasteiger partial charge in [-0.25, -0.2) is 4.79 Å². The largest absolute Gasteiger partial charge is 0.444 e. The van der Waals surface area contributed by atoms with Crippen molar-refractivity contribution >= 4 is 6.09 Å². The van der Waals surface area contributed by atoms with Crippen molar-refractivity contribution in [3.05, 3.63) is 12.2 Å². The van der Waals surface area contributed by atoms with Gasteiger partial charge in [0.05, 0.1) is 0 Å². The zero-order valence-corrected chi connectivity index (χ0v) is 15.0. The van der Waals surface area contributed by atoms with Crippen LogP contribution in [0.4, 0.5) is 4.79 Å². The van der Waals surface area contributed by atoms with E-state index in [1.165, 1.54) is 32.1 Å². The van der Waals surface area contributed by atoms with Crippen LogP contribution in [0.5, 0.6) is 0 Å². The summed E-state index contributed by atoms with van der Waals surface area (Å²) < 4.78 is 5.17. The van der Waals surface area contributed by atoms with E-state index in [1.54, 1.807) is 0 Å². The monoisotopic (exact) mass is 310 g/mol. The lowest BCUT2D eigenvalue weighted by Crippen LogP contribution is -2.32. The Bertz CT molecular complexity index is 370. The molecule has 0 aromatic heterocycles. The molecule has 2 N–H and O–H groups in total. The zero-order chi connectivity index (χ0) is 16.6. The number of rotatable bonds is 5. The standard InChI is InChI=1S/C18H34N2O2/c1-17(2,3)22-16(21)20-14-7-6-13-19-15-9-8-11-18(4,5)12-10-15/h6-7,15,19H,8-14H2,1-5H3,(H,20,21)/b7-6+. The molecule has 0 spiro atoms. The third kappa shape index (κ3) is 9.08. The van der Waals surface area contributed by atoms with Gasteiger partial charge in [0.1, 0.15) is 5.60 Å². The molecule has 1 rings (SSSR count). The average molecular weight is 310 g/mol. The van der Waals surface area contributed by atoms with Crippen molar-refractivity contribution in [2.75, 3.05) is 13.1 Å². The van der Waals surface area contributed by atoms with Gasteiger partial charge in [0.2, 0.25) is 0 Å². The van der Waals surface area contributed by atoms with E-state index in [0.29, 0.717) is 18.0 Å². The van der Waals surface area contributed by atoms with Gasteiger partial charge < -0.3 is 15.4 Å². The fraction of sp³-hybridized carbons (Fsp3) is 0.833. The SMILES string of the molecule is CC1(C)CCCC(NC/C=C/CNC(=O)OC(C)(C)C)CC1. The second kappa shape index (κ2) is 8.56. The summed E-state index contributed by atoms with van der Waals surface area (Å²) in [5, 5.41) is 6.32. The van der Waals surface area contributed by atoms with Crippen LogP contribution in [-0.4, -0.2) is 30.8 Å². The smallest absolute Gasteiger partial charge is 0.407 e. The van der Waals surface area contributed by atoms with E-state index in [-0.39, 0.29) is 6.09 Å². The Labute approximate surface area is 136 Å². The Balaban J connectivity index is 2.12. The second-order valence-electron chi connectivity index (χ2n) is 8.05. The van der Waals surface area contributed by atoms with Gasteiger partial charge in [0, 0.05) is 19.1 Å². The Morgan fingerprint density at radius 2 is 1.86 bits per heavy atom. The minimum atomic E-state index is -0.442. The molecule has 4 nitrogen and oxygen atoms in total. The molecule has 22 heavy (non-hydrogen) atoms. The zero-order valence-electron chi connectivity index (χ0n) is 15.0. The lowest BCUT2D eigenvalue weighted by Gasteiger charge is -2.22. The number of carbonyl (C=O) groups is 1. The molecule has 1 atom stereocenters. The molecular formula is C18H34N2O2. The molecule has 1 fully saturated rings. The highest BCUT2D eigenvalue weighted by Gasteiger charge is 2.23. The fourth-order valence-electron chi connectivity index (χ4n) is 2.72. The normalized spacial score (nSPS) is 22.3. The molecule has 1 amide bonds. The van der Waals surface area contributed by atoms with Crippen molar-refractivity contribution in [2.45, 2.75) is 78.4 Å². The van der Waals surface area contributed by atoms with Crippen LogP contribution in [0.1, 0.15) is 66.7 Å². The molecule has 128 valence electrons. The van der Waals surface area contributed by atoms with Crippen molar-refractivity contribution in [3.8, 4) is 0 Å². The summed E-state index contributed by atoms with van der Waals surface area (Å²) in [5.74, 6) is 0. The van der Waals surface area contributed by atoms with Gasteiger partial charge in [0.15, 0.2) is 0 Å². The first kappa shape index (κ1) is 19.0. The molecule has 0 radical (unpaired) electrons. The van der Waals surface area contributed by atoms with Gasteiger partial charge in [-0.15, -0.1) is 0 Å². The van der Waals surface area contributed by atoms with Gasteiger partial charge in [-0.1, -0.05) is 32.4 Å². The molecule has 1 aliphatic carbocycles. The van der Waals surface area contributed by atoms with Gasteiger partial charge in [-0.05, 0) is 51.9 Å². The van der Waals surface area contributed by atoms with E-state index < -0.39 is 5.60 Å². The van der Waals surface area contributed by atoms with Crippen LogP contribution in [0.3, 0.4) is 0 Å². The van der Waals surface area contributed by atoms with Crippen molar-refractivity contribution in [1.82, 2.24) is 10.6 Å². The van der Waals surface area contributed by atoms with Crippen LogP contribution in [0.25, 0.3) is 0 Å². The van der Waals surface area contributed by atoms with E-state index >= 15 is 0 Å². The topological polar surface area (TPSA) is 50.4 Å². The van der Waals surface area contributed by atoms with Gasteiger partial charge in [-0.3, -0.25) is 0 Å². The Morgan fingerprint density at radius 1 is 1.18 bits per heavy atom. The minimum absolute atomic E-state index is 0.365. The lowest BCUT2D eigenvalue weighted by atomic mass is 9.85. The maximum Gasteiger partial charge on any atom is 0.407 e. The molecule has 1 aliphatic rings. The summed E-state index contributed by atoms with van der Waals surface area (Å²) in [4.78, 5) is 11.5. The van der Waals surface area contributed by atoms with Gasteiger partial charge in [-0.2, -0.15) is 0 Å². The molecule has 0 aromatic carbocycles. The minimum Gasteiger partial charge on any atom is -0.444 e.